The largest absolute Gasteiger partial charge is 0.394 e. The van der Waals surface area contributed by atoms with Gasteiger partial charge in [0.25, 0.3) is 5.91 Å². The number of rotatable bonds is 4. The Labute approximate surface area is 181 Å². The molecule has 2 fully saturated rings. The van der Waals surface area contributed by atoms with Gasteiger partial charge in [-0.3, -0.25) is 14.5 Å². The Morgan fingerprint density at radius 1 is 1.00 bits per heavy atom. The van der Waals surface area contributed by atoms with Crippen LogP contribution in [-0.4, -0.2) is 84.8 Å². The first-order valence-corrected chi connectivity index (χ1v) is 10.9. The SMILES string of the molecule is O=C(c1ccccc1)N1C[C@H]2[C@@H](c3ccccc31)[C@H](CO)N2C(=O)CN1CCOCC1. The molecule has 3 aliphatic heterocycles. The van der Waals surface area contributed by atoms with Crippen molar-refractivity contribution < 1.29 is 19.4 Å². The van der Waals surface area contributed by atoms with Gasteiger partial charge in [-0.1, -0.05) is 36.4 Å². The van der Waals surface area contributed by atoms with Crippen LogP contribution in [0.15, 0.2) is 54.6 Å². The maximum Gasteiger partial charge on any atom is 0.258 e. The molecule has 162 valence electrons. The van der Waals surface area contributed by atoms with Gasteiger partial charge in [0.15, 0.2) is 0 Å². The number of fused-ring (bicyclic) bond motifs is 3. The van der Waals surface area contributed by atoms with Crippen LogP contribution in [0.2, 0.25) is 0 Å². The predicted octanol–water partition coefficient (Wildman–Crippen LogP) is 1.33. The second-order valence-electron chi connectivity index (χ2n) is 8.37. The summed E-state index contributed by atoms with van der Waals surface area (Å²) >= 11 is 0. The third-order valence-corrected chi connectivity index (χ3v) is 6.70. The van der Waals surface area contributed by atoms with E-state index in [1.54, 1.807) is 9.80 Å². The number of morpholine rings is 1. The van der Waals surface area contributed by atoms with E-state index in [1.165, 1.54) is 0 Å². The molecule has 5 rings (SSSR count). The predicted molar refractivity (Wildman–Crippen MR) is 116 cm³/mol. The Balaban J connectivity index is 1.43. The summed E-state index contributed by atoms with van der Waals surface area (Å²) < 4.78 is 5.38. The molecule has 3 atom stereocenters. The standard InChI is InChI=1S/C24H27N3O4/c28-16-21-23-18-8-4-5-9-19(18)26(24(30)17-6-2-1-3-7-17)14-20(23)27(21)22(29)15-25-10-12-31-13-11-25/h1-9,20-21,23,28H,10-16H2/t20-,21-,23+/m0/s1. The number of likely N-dealkylation sites (tertiary alicyclic amines) is 1. The fourth-order valence-electron chi connectivity index (χ4n) is 5.20. The van der Waals surface area contributed by atoms with Gasteiger partial charge in [0.1, 0.15) is 0 Å². The lowest BCUT2D eigenvalue weighted by Crippen LogP contribution is -2.71. The molecule has 0 saturated carbocycles. The molecule has 0 unspecified atom stereocenters. The number of amides is 2. The molecular weight excluding hydrogens is 394 g/mol. The van der Waals surface area contributed by atoms with Crippen molar-refractivity contribution in [3.63, 3.8) is 0 Å². The first kappa shape index (κ1) is 20.2. The summed E-state index contributed by atoms with van der Waals surface area (Å²) in [5, 5.41) is 10.1. The van der Waals surface area contributed by atoms with Gasteiger partial charge in [-0.15, -0.1) is 0 Å². The Morgan fingerprint density at radius 2 is 1.71 bits per heavy atom. The zero-order valence-electron chi connectivity index (χ0n) is 17.4. The highest BCUT2D eigenvalue weighted by atomic mass is 16.5. The summed E-state index contributed by atoms with van der Waals surface area (Å²) in [7, 11) is 0. The van der Waals surface area contributed by atoms with Crippen molar-refractivity contribution in [2.24, 2.45) is 0 Å². The number of hydrogen-bond acceptors (Lipinski definition) is 5. The first-order valence-electron chi connectivity index (χ1n) is 10.9. The summed E-state index contributed by atoms with van der Waals surface area (Å²) in [6.45, 7) is 3.40. The lowest BCUT2D eigenvalue weighted by molar-refractivity contribution is -0.152. The number of ether oxygens (including phenoxy) is 1. The zero-order valence-corrected chi connectivity index (χ0v) is 17.4. The number of carbonyl (C=O) groups is 2. The molecule has 0 aliphatic carbocycles. The van der Waals surface area contributed by atoms with Gasteiger partial charge >= 0.3 is 0 Å². The zero-order chi connectivity index (χ0) is 21.4. The molecule has 2 amide bonds. The van der Waals surface area contributed by atoms with Gasteiger partial charge in [-0.25, -0.2) is 0 Å². The number of para-hydroxylation sites is 1. The van der Waals surface area contributed by atoms with Crippen LogP contribution in [0.5, 0.6) is 0 Å². The third kappa shape index (κ3) is 3.52. The van der Waals surface area contributed by atoms with E-state index in [0.717, 1.165) is 24.3 Å². The van der Waals surface area contributed by atoms with Crippen molar-refractivity contribution in [1.29, 1.82) is 0 Å². The van der Waals surface area contributed by atoms with E-state index in [9.17, 15) is 14.7 Å². The molecule has 0 radical (unpaired) electrons. The van der Waals surface area contributed by atoms with Crippen molar-refractivity contribution in [3.05, 3.63) is 65.7 Å². The van der Waals surface area contributed by atoms with E-state index >= 15 is 0 Å². The molecule has 0 spiro atoms. The van der Waals surface area contributed by atoms with Gasteiger partial charge in [0.05, 0.1) is 38.4 Å². The summed E-state index contributed by atoms with van der Waals surface area (Å²) in [4.78, 5) is 32.2. The number of aliphatic hydroxyl groups excluding tert-OH is 1. The molecular formula is C24H27N3O4. The molecule has 3 heterocycles. The van der Waals surface area contributed by atoms with Crippen molar-refractivity contribution in [2.75, 3.05) is 50.9 Å². The van der Waals surface area contributed by atoms with Crippen LogP contribution in [0.3, 0.4) is 0 Å². The number of benzene rings is 2. The summed E-state index contributed by atoms with van der Waals surface area (Å²) in [5.41, 5.74) is 2.52. The molecule has 7 nitrogen and oxygen atoms in total. The first-order chi connectivity index (χ1) is 15.2. The van der Waals surface area contributed by atoms with Gasteiger partial charge in [0, 0.05) is 36.8 Å². The van der Waals surface area contributed by atoms with E-state index in [4.69, 9.17) is 4.74 Å². The smallest absolute Gasteiger partial charge is 0.258 e. The minimum absolute atomic E-state index is 0.00805. The fourth-order valence-corrected chi connectivity index (χ4v) is 5.20. The Kier molecular flexibility index (Phi) is 5.48. The number of anilines is 1. The maximum absolute atomic E-state index is 13.3. The Morgan fingerprint density at radius 3 is 2.45 bits per heavy atom. The number of nitrogens with zero attached hydrogens (tertiary/aromatic N) is 3. The highest BCUT2D eigenvalue weighted by Crippen LogP contribution is 2.48. The van der Waals surface area contributed by atoms with E-state index in [2.05, 4.69) is 4.90 Å². The molecule has 2 saturated heterocycles. The Hall–Kier alpha value is -2.74. The molecule has 7 heteroatoms. The fraction of sp³-hybridized carbons (Fsp3) is 0.417. The molecule has 0 bridgehead atoms. The van der Waals surface area contributed by atoms with Crippen molar-refractivity contribution in [2.45, 2.75) is 18.0 Å². The minimum Gasteiger partial charge on any atom is -0.394 e. The van der Waals surface area contributed by atoms with Gasteiger partial charge in [-0.2, -0.15) is 0 Å². The number of carbonyl (C=O) groups excluding carboxylic acids is 2. The third-order valence-electron chi connectivity index (χ3n) is 6.70. The van der Waals surface area contributed by atoms with Crippen molar-refractivity contribution in [3.8, 4) is 0 Å². The van der Waals surface area contributed by atoms with Crippen molar-refractivity contribution >= 4 is 17.5 Å². The van der Waals surface area contributed by atoms with Crippen LogP contribution < -0.4 is 4.90 Å². The normalized spacial score (nSPS) is 25.4. The summed E-state index contributed by atoms with van der Waals surface area (Å²) in [6, 6.07) is 16.7. The Bertz CT molecular complexity index is 960. The van der Waals surface area contributed by atoms with Crippen LogP contribution in [0.1, 0.15) is 21.8 Å². The second-order valence-corrected chi connectivity index (χ2v) is 8.37. The maximum atomic E-state index is 13.3. The highest BCUT2D eigenvalue weighted by Gasteiger charge is 2.55. The number of aliphatic hydroxyl groups is 1. The molecule has 1 N–H and O–H groups in total. The summed E-state index contributed by atoms with van der Waals surface area (Å²) in [5.74, 6) is -0.0251. The van der Waals surface area contributed by atoms with Crippen LogP contribution in [-0.2, 0) is 9.53 Å². The van der Waals surface area contributed by atoms with Crippen molar-refractivity contribution in [1.82, 2.24) is 9.80 Å². The second kappa shape index (κ2) is 8.42. The minimum atomic E-state index is -0.256. The van der Waals surface area contributed by atoms with E-state index < -0.39 is 0 Å². The monoisotopic (exact) mass is 421 g/mol. The van der Waals surface area contributed by atoms with Gasteiger partial charge < -0.3 is 19.6 Å². The quantitative estimate of drug-likeness (QED) is 0.807. The van der Waals surface area contributed by atoms with Gasteiger partial charge in [-0.05, 0) is 23.8 Å². The van der Waals surface area contributed by atoms with E-state index in [1.807, 2.05) is 54.6 Å². The molecule has 31 heavy (non-hydrogen) atoms. The molecule has 3 aliphatic rings. The lowest BCUT2D eigenvalue weighted by Gasteiger charge is -2.59. The van der Waals surface area contributed by atoms with Crippen LogP contribution in [0, 0.1) is 0 Å². The molecule has 2 aromatic rings. The lowest BCUT2D eigenvalue weighted by atomic mass is 9.71. The van der Waals surface area contributed by atoms with Crippen LogP contribution in [0.25, 0.3) is 0 Å². The molecule has 0 aromatic heterocycles. The van der Waals surface area contributed by atoms with E-state index in [-0.39, 0.29) is 36.4 Å². The van der Waals surface area contributed by atoms with Crippen LogP contribution in [0.4, 0.5) is 5.69 Å². The average molecular weight is 421 g/mol. The number of hydrogen-bond donors (Lipinski definition) is 1. The molecule has 2 aromatic carbocycles. The average Bonchev–Trinajstić information content (AvgIpc) is 2.80. The highest BCUT2D eigenvalue weighted by molar-refractivity contribution is 6.07. The summed E-state index contributed by atoms with van der Waals surface area (Å²) in [6.07, 6.45) is 0. The van der Waals surface area contributed by atoms with Gasteiger partial charge in [0.2, 0.25) is 5.91 Å². The van der Waals surface area contributed by atoms with E-state index in [0.29, 0.717) is 31.9 Å². The topological polar surface area (TPSA) is 73.3 Å². The van der Waals surface area contributed by atoms with Crippen LogP contribution >= 0.6 is 0 Å².